The summed E-state index contributed by atoms with van der Waals surface area (Å²) in [6.07, 6.45) is 6.01. The minimum atomic E-state index is -0.223. The first-order valence-electron chi connectivity index (χ1n) is 8.11. The van der Waals surface area contributed by atoms with Crippen LogP contribution in [0, 0.1) is 5.92 Å². The first kappa shape index (κ1) is 16.5. The van der Waals surface area contributed by atoms with Crippen molar-refractivity contribution in [3.05, 3.63) is 29.6 Å². The van der Waals surface area contributed by atoms with Crippen molar-refractivity contribution < 1.29 is 9.59 Å². The van der Waals surface area contributed by atoms with E-state index in [9.17, 15) is 9.59 Å². The van der Waals surface area contributed by atoms with Crippen molar-refractivity contribution in [2.75, 3.05) is 19.6 Å². The fourth-order valence-corrected chi connectivity index (χ4v) is 2.53. The molecule has 1 N–H and O–H groups in total. The van der Waals surface area contributed by atoms with Gasteiger partial charge < -0.3 is 10.2 Å². The molecule has 2 amide bonds. The Labute approximate surface area is 132 Å². The van der Waals surface area contributed by atoms with Crippen LogP contribution in [0.4, 0.5) is 0 Å². The highest BCUT2D eigenvalue weighted by molar-refractivity contribution is 5.98. The number of nitrogens with one attached hydrogen (secondary N) is 1. The van der Waals surface area contributed by atoms with Gasteiger partial charge in [-0.1, -0.05) is 26.7 Å². The van der Waals surface area contributed by atoms with Gasteiger partial charge in [0.15, 0.2) is 0 Å². The van der Waals surface area contributed by atoms with Crippen LogP contribution in [0.2, 0.25) is 0 Å². The summed E-state index contributed by atoms with van der Waals surface area (Å²) >= 11 is 0. The minimum absolute atomic E-state index is 0.00205. The molecule has 0 unspecified atom stereocenters. The number of aromatic nitrogens is 1. The van der Waals surface area contributed by atoms with Gasteiger partial charge in [-0.15, -0.1) is 0 Å². The molecule has 5 heteroatoms. The number of likely N-dealkylation sites (tertiary alicyclic amines) is 1. The van der Waals surface area contributed by atoms with Crippen molar-refractivity contribution in [2.45, 2.75) is 39.5 Å². The van der Waals surface area contributed by atoms with E-state index >= 15 is 0 Å². The van der Waals surface area contributed by atoms with Gasteiger partial charge >= 0.3 is 0 Å². The summed E-state index contributed by atoms with van der Waals surface area (Å²) in [6.45, 7) is 6.27. The molecule has 1 aliphatic heterocycles. The molecule has 0 atom stereocenters. The molecule has 0 bridgehead atoms. The molecule has 2 rings (SSSR count). The van der Waals surface area contributed by atoms with Crippen LogP contribution >= 0.6 is 0 Å². The Kier molecular flexibility index (Phi) is 5.92. The van der Waals surface area contributed by atoms with Crippen molar-refractivity contribution in [1.29, 1.82) is 0 Å². The largest absolute Gasteiger partial charge is 0.350 e. The molecule has 1 saturated heterocycles. The Hall–Kier alpha value is -1.91. The van der Waals surface area contributed by atoms with Crippen LogP contribution in [0.25, 0.3) is 0 Å². The van der Waals surface area contributed by atoms with E-state index in [1.807, 2.05) is 18.7 Å². The summed E-state index contributed by atoms with van der Waals surface area (Å²) in [5.41, 5.74) is 0.855. The van der Waals surface area contributed by atoms with Crippen molar-refractivity contribution in [2.24, 2.45) is 5.92 Å². The maximum absolute atomic E-state index is 12.6. The maximum Gasteiger partial charge on any atom is 0.269 e. The van der Waals surface area contributed by atoms with E-state index in [4.69, 9.17) is 0 Å². The lowest BCUT2D eigenvalue weighted by Crippen LogP contribution is -2.32. The molecular formula is C17H25N3O2. The zero-order valence-electron chi connectivity index (χ0n) is 13.5. The quantitative estimate of drug-likeness (QED) is 0.929. The Bertz CT molecular complexity index is 520. The van der Waals surface area contributed by atoms with Crippen LogP contribution in [0.5, 0.6) is 0 Å². The molecule has 1 aliphatic rings. The van der Waals surface area contributed by atoms with E-state index < -0.39 is 0 Å². The summed E-state index contributed by atoms with van der Waals surface area (Å²) < 4.78 is 0. The van der Waals surface area contributed by atoms with Crippen LogP contribution in [0.1, 0.15) is 60.4 Å². The molecule has 0 radical (unpaired) electrons. The number of rotatable bonds is 4. The van der Waals surface area contributed by atoms with Gasteiger partial charge in [-0.2, -0.15) is 0 Å². The normalized spacial score (nSPS) is 15.5. The number of carbonyl (C=O) groups excluding carboxylic acids is 2. The molecule has 1 aromatic heterocycles. The van der Waals surface area contributed by atoms with Gasteiger partial charge in [0.05, 0.1) is 0 Å². The van der Waals surface area contributed by atoms with E-state index in [1.54, 1.807) is 12.1 Å². The molecule has 0 aromatic carbocycles. The predicted octanol–water partition coefficient (Wildman–Crippen LogP) is 2.48. The van der Waals surface area contributed by atoms with Crippen molar-refractivity contribution in [3.8, 4) is 0 Å². The Morgan fingerprint density at radius 3 is 2.55 bits per heavy atom. The highest BCUT2D eigenvalue weighted by atomic mass is 16.2. The highest BCUT2D eigenvalue weighted by Gasteiger charge is 2.18. The standard InChI is InChI=1S/C17H25N3O2/c1-13(2)12-19-16(21)15-11-14(7-8-18-15)17(22)20-9-5-3-4-6-10-20/h7-8,11,13H,3-6,9-10,12H2,1-2H3,(H,19,21). The summed E-state index contributed by atoms with van der Waals surface area (Å²) in [4.78, 5) is 30.6. The van der Waals surface area contributed by atoms with Crippen LogP contribution in [-0.4, -0.2) is 41.3 Å². The minimum Gasteiger partial charge on any atom is -0.350 e. The molecule has 0 spiro atoms. The Balaban J connectivity index is 2.06. The zero-order valence-corrected chi connectivity index (χ0v) is 13.5. The van der Waals surface area contributed by atoms with Gasteiger partial charge in [-0.25, -0.2) is 0 Å². The topological polar surface area (TPSA) is 62.3 Å². The SMILES string of the molecule is CC(C)CNC(=O)c1cc(C(=O)N2CCCCCC2)ccn1. The van der Waals surface area contributed by atoms with E-state index in [1.165, 1.54) is 19.0 Å². The first-order valence-corrected chi connectivity index (χ1v) is 8.11. The lowest BCUT2D eigenvalue weighted by molar-refractivity contribution is 0.0761. The smallest absolute Gasteiger partial charge is 0.269 e. The number of amides is 2. The molecule has 22 heavy (non-hydrogen) atoms. The second kappa shape index (κ2) is 7.92. The summed E-state index contributed by atoms with van der Waals surface area (Å²) in [5.74, 6) is 0.160. The lowest BCUT2D eigenvalue weighted by Gasteiger charge is -2.20. The molecule has 120 valence electrons. The van der Waals surface area contributed by atoms with Gasteiger partial charge in [0.1, 0.15) is 5.69 Å². The molecule has 0 saturated carbocycles. The third kappa shape index (κ3) is 4.55. The van der Waals surface area contributed by atoms with E-state index in [0.29, 0.717) is 23.7 Å². The van der Waals surface area contributed by atoms with Gasteiger partial charge in [0, 0.05) is 31.4 Å². The van der Waals surface area contributed by atoms with E-state index in [-0.39, 0.29) is 11.8 Å². The monoisotopic (exact) mass is 303 g/mol. The molecule has 1 aromatic rings. The molecule has 1 fully saturated rings. The molecule has 2 heterocycles. The van der Waals surface area contributed by atoms with Crippen molar-refractivity contribution in [1.82, 2.24) is 15.2 Å². The van der Waals surface area contributed by atoms with Gasteiger partial charge in [0.2, 0.25) is 0 Å². The van der Waals surface area contributed by atoms with Crippen LogP contribution < -0.4 is 5.32 Å². The van der Waals surface area contributed by atoms with Crippen LogP contribution in [0.15, 0.2) is 18.3 Å². The van der Waals surface area contributed by atoms with E-state index in [0.717, 1.165) is 25.9 Å². The Morgan fingerprint density at radius 1 is 1.23 bits per heavy atom. The fraction of sp³-hybridized carbons (Fsp3) is 0.588. The fourth-order valence-electron chi connectivity index (χ4n) is 2.53. The molecular weight excluding hydrogens is 278 g/mol. The zero-order chi connectivity index (χ0) is 15.9. The third-order valence-electron chi connectivity index (χ3n) is 3.80. The predicted molar refractivity (Wildman–Crippen MR) is 85.8 cm³/mol. The van der Waals surface area contributed by atoms with E-state index in [2.05, 4.69) is 10.3 Å². The first-order chi connectivity index (χ1) is 10.6. The highest BCUT2D eigenvalue weighted by Crippen LogP contribution is 2.13. The van der Waals surface area contributed by atoms with Gasteiger partial charge in [-0.05, 0) is 30.9 Å². The number of nitrogens with zero attached hydrogens (tertiary/aromatic N) is 2. The Morgan fingerprint density at radius 2 is 1.91 bits per heavy atom. The molecule has 5 nitrogen and oxygen atoms in total. The van der Waals surface area contributed by atoms with Crippen molar-refractivity contribution >= 4 is 11.8 Å². The van der Waals surface area contributed by atoms with Crippen molar-refractivity contribution in [3.63, 3.8) is 0 Å². The average molecular weight is 303 g/mol. The number of carbonyl (C=O) groups is 2. The summed E-state index contributed by atoms with van der Waals surface area (Å²) in [7, 11) is 0. The molecule has 0 aliphatic carbocycles. The van der Waals surface area contributed by atoms with Crippen LogP contribution in [0.3, 0.4) is 0 Å². The third-order valence-corrected chi connectivity index (χ3v) is 3.80. The van der Waals surface area contributed by atoms with Gasteiger partial charge in [0.25, 0.3) is 11.8 Å². The average Bonchev–Trinajstić information content (AvgIpc) is 2.81. The second-order valence-electron chi connectivity index (χ2n) is 6.24. The number of hydrogen-bond donors (Lipinski definition) is 1. The second-order valence-corrected chi connectivity index (χ2v) is 6.24. The number of pyridine rings is 1. The lowest BCUT2D eigenvalue weighted by atomic mass is 10.1. The number of hydrogen-bond acceptors (Lipinski definition) is 3. The summed E-state index contributed by atoms with van der Waals surface area (Å²) in [6, 6.07) is 3.29. The van der Waals surface area contributed by atoms with Crippen LogP contribution in [-0.2, 0) is 0 Å². The maximum atomic E-state index is 12.6. The summed E-state index contributed by atoms with van der Waals surface area (Å²) in [5, 5.41) is 2.83. The van der Waals surface area contributed by atoms with Gasteiger partial charge in [-0.3, -0.25) is 14.6 Å².